The van der Waals surface area contributed by atoms with Crippen molar-refractivity contribution in [2.24, 2.45) is 5.92 Å². The van der Waals surface area contributed by atoms with E-state index in [1.165, 1.54) is 0 Å². The van der Waals surface area contributed by atoms with Crippen LogP contribution in [0.15, 0.2) is 17.5 Å². The van der Waals surface area contributed by atoms with Crippen molar-refractivity contribution in [2.45, 2.75) is 19.9 Å². The van der Waals surface area contributed by atoms with Crippen LogP contribution < -0.4 is 5.32 Å². The molecule has 74 valence electrons. The van der Waals surface area contributed by atoms with Crippen LogP contribution in [0.4, 0.5) is 0 Å². The number of carbonyl (C=O) groups excluding carboxylic acids is 1. The lowest BCUT2D eigenvalue weighted by Gasteiger charge is -2.06. The van der Waals surface area contributed by atoms with E-state index in [1.807, 2.05) is 30.5 Å². The van der Waals surface area contributed by atoms with E-state index in [0.717, 1.165) is 4.88 Å². The Balaban J connectivity index is 2.39. The third-order valence-corrected chi connectivity index (χ3v) is 2.77. The first-order valence-corrected chi connectivity index (χ1v) is 5.35. The lowest BCUT2D eigenvalue weighted by Crippen LogP contribution is -2.28. The standard InChI is InChI=1S/C10H12N2OS/c1-2-8(6-11)10(13)12-7-9-4-3-5-14-9/h3-5,8H,2,7H2,1H3,(H,12,13). The topological polar surface area (TPSA) is 52.9 Å². The molecule has 4 heteroatoms. The Bertz CT molecular complexity index is 326. The first-order valence-electron chi connectivity index (χ1n) is 4.47. The minimum atomic E-state index is -0.519. The first-order chi connectivity index (χ1) is 6.77. The minimum Gasteiger partial charge on any atom is -0.350 e. The van der Waals surface area contributed by atoms with Crippen molar-refractivity contribution >= 4 is 17.2 Å². The van der Waals surface area contributed by atoms with E-state index in [-0.39, 0.29) is 5.91 Å². The number of nitrogens with zero attached hydrogens (tertiary/aromatic N) is 1. The van der Waals surface area contributed by atoms with Gasteiger partial charge in [-0.15, -0.1) is 11.3 Å². The molecule has 1 rings (SSSR count). The molecule has 0 aromatic carbocycles. The number of nitriles is 1. The van der Waals surface area contributed by atoms with E-state index < -0.39 is 5.92 Å². The van der Waals surface area contributed by atoms with Crippen LogP contribution in [-0.4, -0.2) is 5.91 Å². The van der Waals surface area contributed by atoms with Gasteiger partial charge in [-0.2, -0.15) is 5.26 Å². The van der Waals surface area contributed by atoms with Crippen LogP contribution in [0.2, 0.25) is 0 Å². The highest BCUT2D eigenvalue weighted by atomic mass is 32.1. The number of thiophene rings is 1. The molecule has 0 saturated carbocycles. The van der Waals surface area contributed by atoms with Gasteiger partial charge in [-0.1, -0.05) is 13.0 Å². The summed E-state index contributed by atoms with van der Waals surface area (Å²) in [6.07, 6.45) is 0.562. The Hall–Kier alpha value is -1.34. The largest absolute Gasteiger partial charge is 0.350 e. The molecule has 0 saturated heterocycles. The van der Waals surface area contributed by atoms with Crippen molar-refractivity contribution < 1.29 is 4.79 Å². The van der Waals surface area contributed by atoms with E-state index in [1.54, 1.807) is 11.3 Å². The van der Waals surface area contributed by atoms with Gasteiger partial charge >= 0.3 is 0 Å². The summed E-state index contributed by atoms with van der Waals surface area (Å²) >= 11 is 1.59. The second-order valence-corrected chi connectivity index (χ2v) is 3.92. The van der Waals surface area contributed by atoms with Crippen LogP contribution in [0.1, 0.15) is 18.2 Å². The Kier molecular flexibility index (Phi) is 4.14. The second kappa shape index (κ2) is 5.40. The Labute approximate surface area is 87.4 Å². The molecule has 14 heavy (non-hydrogen) atoms. The quantitative estimate of drug-likeness (QED) is 0.821. The van der Waals surface area contributed by atoms with Crippen molar-refractivity contribution in [1.29, 1.82) is 5.26 Å². The zero-order chi connectivity index (χ0) is 10.4. The van der Waals surface area contributed by atoms with Crippen LogP contribution in [-0.2, 0) is 11.3 Å². The Morgan fingerprint density at radius 2 is 2.57 bits per heavy atom. The van der Waals surface area contributed by atoms with Crippen molar-refractivity contribution in [2.75, 3.05) is 0 Å². The first kappa shape index (κ1) is 10.7. The third-order valence-electron chi connectivity index (χ3n) is 1.90. The maximum atomic E-state index is 11.4. The molecule has 1 unspecified atom stereocenters. The van der Waals surface area contributed by atoms with E-state index in [4.69, 9.17) is 5.26 Å². The van der Waals surface area contributed by atoms with E-state index in [2.05, 4.69) is 5.32 Å². The Morgan fingerprint density at radius 3 is 3.07 bits per heavy atom. The molecule has 1 N–H and O–H groups in total. The number of carbonyl (C=O) groups is 1. The molecule has 0 bridgehead atoms. The summed E-state index contributed by atoms with van der Waals surface area (Å²) < 4.78 is 0. The maximum absolute atomic E-state index is 11.4. The second-order valence-electron chi connectivity index (χ2n) is 2.89. The molecule has 1 amide bonds. The molecule has 0 radical (unpaired) electrons. The average Bonchev–Trinajstić information content (AvgIpc) is 2.69. The number of hydrogen-bond acceptors (Lipinski definition) is 3. The van der Waals surface area contributed by atoms with Crippen LogP contribution in [0.5, 0.6) is 0 Å². The highest BCUT2D eigenvalue weighted by molar-refractivity contribution is 7.09. The molecule has 0 aliphatic carbocycles. The van der Waals surface area contributed by atoms with Crippen molar-refractivity contribution in [3.63, 3.8) is 0 Å². The maximum Gasteiger partial charge on any atom is 0.237 e. The summed E-state index contributed by atoms with van der Waals surface area (Å²) in [6.45, 7) is 2.35. The van der Waals surface area contributed by atoms with Crippen LogP contribution in [0, 0.1) is 17.2 Å². The molecule has 0 aliphatic rings. The lowest BCUT2D eigenvalue weighted by molar-refractivity contribution is -0.123. The average molecular weight is 208 g/mol. The predicted molar refractivity (Wildman–Crippen MR) is 55.6 cm³/mol. The van der Waals surface area contributed by atoms with Gasteiger partial charge in [0.05, 0.1) is 12.6 Å². The Morgan fingerprint density at radius 1 is 1.79 bits per heavy atom. The number of nitrogens with one attached hydrogen (secondary N) is 1. The predicted octanol–water partition coefficient (Wildman–Crippen LogP) is 1.91. The van der Waals surface area contributed by atoms with Gasteiger partial charge in [0.25, 0.3) is 0 Å². The summed E-state index contributed by atoms with van der Waals surface area (Å²) in [4.78, 5) is 12.5. The van der Waals surface area contributed by atoms with Gasteiger partial charge in [0, 0.05) is 4.88 Å². The van der Waals surface area contributed by atoms with Gasteiger partial charge < -0.3 is 5.32 Å². The molecule has 1 aromatic rings. The van der Waals surface area contributed by atoms with Crippen molar-refractivity contribution in [3.05, 3.63) is 22.4 Å². The zero-order valence-corrected chi connectivity index (χ0v) is 8.80. The van der Waals surface area contributed by atoms with Gasteiger partial charge in [-0.05, 0) is 17.9 Å². The van der Waals surface area contributed by atoms with Gasteiger partial charge in [-0.25, -0.2) is 0 Å². The molecule has 1 atom stereocenters. The van der Waals surface area contributed by atoms with Gasteiger partial charge in [0.2, 0.25) is 5.91 Å². The fourth-order valence-corrected chi connectivity index (χ4v) is 1.69. The summed E-state index contributed by atoms with van der Waals surface area (Å²) in [7, 11) is 0. The van der Waals surface area contributed by atoms with E-state index >= 15 is 0 Å². The minimum absolute atomic E-state index is 0.177. The summed E-state index contributed by atoms with van der Waals surface area (Å²) in [5, 5.41) is 13.3. The van der Waals surface area contributed by atoms with Crippen molar-refractivity contribution in [3.8, 4) is 6.07 Å². The number of amides is 1. The molecule has 0 spiro atoms. The smallest absolute Gasteiger partial charge is 0.237 e. The zero-order valence-electron chi connectivity index (χ0n) is 7.99. The van der Waals surface area contributed by atoms with Crippen LogP contribution in [0.3, 0.4) is 0 Å². The van der Waals surface area contributed by atoms with E-state index in [9.17, 15) is 4.79 Å². The highest BCUT2D eigenvalue weighted by Crippen LogP contribution is 2.08. The molecule has 1 aromatic heterocycles. The molecule has 0 aliphatic heterocycles. The van der Waals surface area contributed by atoms with Crippen LogP contribution >= 0.6 is 11.3 Å². The number of hydrogen-bond donors (Lipinski definition) is 1. The lowest BCUT2D eigenvalue weighted by atomic mass is 10.1. The molecule has 3 nitrogen and oxygen atoms in total. The summed E-state index contributed by atoms with van der Waals surface area (Å²) in [5.41, 5.74) is 0. The molecular weight excluding hydrogens is 196 g/mol. The molecule has 1 heterocycles. The van der Waals surface area contributed by atoms with Crippen LogP contribution in [0.25, 0.3) is 0 Å². The van der Waals surface area contributed by atoms with E-state index in [0.29, 0.717) is 13.0 Å². The normalized spacial score (nSPS) is 11.7. The number of rotatable bonds is 4. The summed E-state index contributed by atoms with van der Waals surface area (Å²) in [5.74, 6) is -0.696. The third kappa shape index (κ3) is 2.86. The van der Waals surface area contributed by atoms with Gasteiger partial charge in [0.1, 0.15) is 5.92 Å². The molecular formula is C10H12N2OS. The SMILES string of the molecule is CCC(C#N)C(=O)NCc1cccs1. The fraction of sp³-hybridized carbons (Fsp3) is 0.400. The van der Waals surface area contributed by atoms with Gasteiger partial charge in [0.15, 0.2) is 0 Å². The van der Waals surface area contributed by atoms with Gasteiger partial charge in [-0.3, -0.25) is 4.79 Å². The summed E-state index contributed by atoms with van der Waals surface area (Å²) in [6, 6.07) is 5.87. The molecule has 0 fully saturated rings. The highest BCUT2D eigenvalue weighted by Gasteiger charge is 2.14. The van der Waals surface area contributed by atoms with Crippen molar-refractivity contribution in [1.82, 2.24) is 5.32 Å². The monoisotopic (exact) mass is 208 g/mol. The fourth-order valence-electron chi connectivity index (χ4n) is 1.05.